The van der Waals surface area contributed by atoms with Crippen LogP contribution in [0.1, 0.15) is 203 Å². The highest BCUT2D eigenvalue weighted by Gasteiger charge is 2.66. The first-order chi connectivity index (χ1) is 60.0. The van der Waals surface area contributed by atoms with E-state index in [9.17, 15) is 75.8 Å². The summed E-state index contributed by atoms with van der Waals surface area (Å²) in [6, 6.07) is 0. The largest absolute Gasteiger partial charge is 0.475 e. The first-order valence-corrected chi connectivity index (χ1v) is 49.3. The molecular formula is C79H114Cl2N6O36P4. The van der Waals surface area contributed by atoms with Crippen LogP contribution in [-0.2, 0) is 168 Å². The van der Waals surface area contributed by atoms with Gasteiger partial charge in [-0.2, -0.15) is 0 Å². The van der Waals surface area contributed by atoms with Crippen LogP contribution in [0.4, 0.5) is 0 Å². The molecule has 14 rings (SSSR count). The number of allylic oxidation sites excluding steroid dienone is 4. The lowest BCUT2D eigenvalue weighted by atomic mass is 9.92. The van der Waals surface area contributed by atoms with Gasteiger partial charge in [-0.05, 0) is 176 Å². The number of unbranched alkanes of at least 4 members (excludes halogenated alkanes) is 4. The van der Waals surface area contributed by atoms with Gasteiger partial charge in [0, 0.05) is 50.5 Å². The maximum atomic E-state index is 13.0. The Balaban J connectivity index is 0.000000164. The fourth-order valence-electron chi connectivity index (χ4n) is 16.1. The molecule has 12 heterocycles. The van der Waals surface area contributed by atoms with Crippen molar-refractivity contribution in [2.24, 2.45) is 11.5 Å². The highest BCUT2D eigenvalue weighted by molar-refractivity contribution is 7.49. The fraction of sp³-hybridized carbons (Fsp3) is 0.747. The summed E-state index contributed by atoms with van der Waals surface area (Å²) in [5.74, 6) is -4.01. The van der Waals surface area contributed by atoms with E-state index in [1.807, 2.05) is 0 Å². The second kappa shape index (κ2) is 44.4. The Morgan fingerprint density at radius 3 is 0.976 bits per heavy atom. The number of rotatable bonds is 32. The molecule has 42 nitrogen and oxygen atoms in total. The third kappa shape index (κ3) is 26.6. The number of ether oxygens (including phenoxy) is 8. The van der Waals surface area contributed by atoms with Crippen LogP contribution >= 0.6 is 54.5 Å². The number of amides is 4. The van der Waals surface area contributed by atoms with E-state index in [0.29, 0.717) is 58.0 Å². The number of alkyl halides is 2. The number of ketones is 4. The van der Waals surface area contributed by atoms with Crippen molar-refractivity contribution in [2.45, 2.75) is 315 Å². The number of carbonyl (C=O) groups is 12. The van der Waals surface area contributed by atoms with Gasteiger partial charge in [-0.3, -0.25) is 131 Å². The predicted octanol–water partition coefficient (Wildman–Crippen LogP) is 8.86. The van der Waals surface area contributed by atoms with Gasteiger partial charge in [-0.1, -0.05) is 0 Å². The number of esters is 4. The Kier molecular flexibility index (Phi) is 35.5. The number of fused-ring (bicyclic) bond motifs is 4. The molecule has 10 fully saturated rings. The van der Waals surface area contributed by atoms with Gasteiger partial charge in [0.15, 0.2) is 48.0 Å². The quantitative estimate of drug-likeness (QED) is 0.0158. The normalized spacial score (nSPS) is 36.4. The van der Waals surface area contributed by atoms with Crippen molar-refractivity contribution in [3.05, 3.63) is 49.1 Å². The second-order valence-corrected chi connectivity index (χ2v) is 41.7. The minimum Gasteiger partial charge on any atom is -0.466 e. The van der Waals surface area contributed by atoms with Crippen LogP contribution in [-0.4, -0.2) is 263 Å². The number of phosphoric ester groups is 4. The molecule has 0 unspecified atom stereocenters. The lowest BCUT2D eigenvalue weighted by Crippen LogP contribution is -2.60. The first-order valence-electron chi connectivity index (χ1n) is 42.7. The van der Waals surface area contributed by atoms with Crippen molar-refractivity contribution in [1.29, 1.82) is 0 Å². The highest BCUT2D eigenvalue weighted by Crippen LogP contribution is 2.63. The van der Waals surface area contributed by atoms with Crippen molar-refractivity contribution < 1.29 is 168 Å². The molecule has 0 aromatic heterocycles. The van der Waals surface area contributed by atoms with Crippen molar-refractivity contribution in [3.63, 3.8) is 0 Å². The molecule has 0 aromatic carbocycles. The summed E-state index contributed by atoms with van der Waals surface area (Å²) >= 11 is 13.4. The number of hydrogen-bond donors (Lipinski definition) is 2. The van der Waals surface area contributed by atoms with E-state index in [1.165, 1.54) is 68.7 Å². The number of hydrogen-bond acceptors (Lipinski definition) is 38. The Hall–Kier alpha value is -5.82. The summed E-state index contributed by atoms with van der Waals surface area (Å²) in [6.07, 6.45) is 12.6. The fourth-order valence-corrected chi connectivity index (χ4v) is 23.0. The van der Waals surface area contributed by atoms with Crippen LogP contribution in [0.25, 0.3) is 0 Å². The summed E-state index contributed by atoms with van der Waals surface area (Å²) in [5.41, 5.74) is 10.5. The third-order valence-corrected chi connectivity index (χ3v) is 29.2. The van der Waals surface area contributed by atoms with E-state index in [-0.39, 0.29) is 170 Å². The topological polar surface area (TPSA) is 523 Å². The highest BCUT2D eigenvalue weighted by atomic mass is 35.5. The Morgan fingerprint density at radius 1 is 0.417 bits per heavy atom. The van der Waals surface area contributed by atoms with Gasteiger partial charge in [0.05, 0.1) is 102 Å². The van der Waals surface area contributed by atoms with Crippen LogP contribution in [0.15, 0.2) is 49.1 Å². The lowest BCUT2D eigenvalue weighted by Gasteiger charge is -2.38. The molecule has 0 radical (unpaired) electrons. The number of carbonyl (C=O) groups excluding carboxylic acids is 12. The molecule has 14 aliphatic rings. The van der Waals surface area contributed by atoms with E-state index in [4.69, 9.17) is 127 Å². The molecule has 0 spiro atoms. The van der Waals surface area contributed by atoms with E-state index < -0.39 is 149 Å². The molecule has 2 saturated carbocycles. The molecule has 127 heavy (non-hydrogen) atoms. The van der Waals surface area contributed by atoms with Gasteiger partial charge >= 0.3 is 55.2 Å². The Bertz CT molecular complexity index is 4210. The van der Waals surface area contributed by atoms with E-state index in [2.05, 4.69) is 0 Å². The van der Waals surface area contributed by atoms with Crippen LogP contribution in [0.2, 0.25) is 0 Å². The van der Waals surface area contributed by atoms with E-state index >= 15 is 0 Å². The molecule has 0 aromatic rings. The lowest BCUT2D eigenvalue weighted by molar-refractivity contribution is -0.149. The van der Waals surface area contributed by atoms with Crippen LogP contribution in [0.3, 0.4) is 0 Å². The molecule has 0 bridgehead atoms. The Labute approximate surface area is 744 Å². The van der Waals surface area contributed by atoms with Crippen molar-refractivity contribution in [2.75, 3.05) is 59.5 Å². The molecule has 4 N–H and O–H groups in total. The van der Waals surface area contributed by atoms with Gasteiger partial charge < -0.3 is 49.4 Å². The van der Waals surface area contributed by atoms with Crippen molar-refractivity contribution in [1.82, 2.24) is 19.6 Å². The average molecular weight is 1920 g/mol. The smallest absolute Gasteiger partial charge is 0.466 e. The van der Waals surface area contributed by atoms with Crippen molar-refractivity contribution >= 4 is 125 Å². The molecular weight excluding hydrogens is 1800 g/mol. The van der Waals surface area contributed by atoms with Crippen LogP contribution < -0.4 is 11.5 Å². The van der Waals surface area contributed by atoms with Crippen molar-refractivity contribution in [3.8, 4) is 0 Å². The summed E-state index contributed by atoms with van der Waals surface area (Å²) < 4.78 is 161. The summed E-state index contributed by atoms with van der Waals surface area (Å²) in [6.45, 7) is 12.0. The molecule has 2 aliphatic carbocycles. The standard InChI is InChI=1S/2C21H31N2O9P.C19H27ClNO9P.C18H25ClNO9P/c2*1-21(22)19-16(31-20(21)23-10-9-14(24)12-17(23)25)13-29-33(27,32-19)28-11-5-4-8-18(26)30-15-6-2-3-7-15;1-12(2)28-16(24)6-4-5-9-26-31(25)27-11-14-17(30-31)19(3,20)18(29-14)21-8-7-13(22)10-15(21)23;1-3-25-15(23)6-4-5-9-26-30(24)27-11-13-16(29-30)18(2,19)17(28-13)20-8-7-12(21)10-14(20)22/h2*9-10,15-16,19-20H,2-8,11-13,22H2,1H3;7-8,12,14,17-18H,4-6,9-11H2,1-3H3;7-8,13,16-17H,3-6,9-11H2,1-2H3/t16-,19-,20-,21-,33+;16-,19-,20-,21-,33-;14-,17-,18-,19-,31+;13-,16-,17-,18-,30-/m1111/s1. The predicted molar refractivity (Wildman–Crippen MR) is 438 cm³/mol. The summed E-state index contributed by atoms with van der Waals surface area (Å²) in [7, 11) is -15.6. The molecule has 48 heteroatoms. The van der Waals surface area contributed by atoms with E-state index in [0.717, 1.165) is 51.4 Å². The zero-order valence-corrected chi connectivity index (χ0v) is 76.9. The summed E-state index contributed by atoms with van der Waals surface area (Å²) in [5, 5.41) is 0. The zero-order chi connectivity index (χ0) is 92.0. The second-order valence-electron chi connectivity index (χ2n) is 33.6. The minimum absolute atomic E-state index is 0.0424. The number of nitrogens with two attached hydrogens (primary N) is 2. The molecule has 12 aliphatic heterocycles. The molecule has 710 valence electrons. The van der Waals surface area contributed by atoms with Gasteiger partial charge in [0.1, 0.15) is 70.8 Å². The summed E-state index contributed by atoms with van der Waals surface area (Å²) in [4.78, 5) is 144. The van der Waals surface area contributed by atoms with Crippen LogP contribution in [0.5, 0.6) is 0 Å². The first kappa shape index (κ1) is 102. The SMILES string of the molecule is CC(C)OC(=O)CCCCO[P@@]1(=O)OC[C@H]2O[C@@H](N3C=CC(=O)CC3=O)[C@](C)(Cl)[C@@H]2O1.CCOC(=O)CCCCO[P@]1(=O)OC[C@H]2O[C@@H](N3C=CC(=O)CC3=O)[C@](C)(Cl)[C@@H]2O1.C[C@@]1(N)[C@@H]2O[P@@](=O)(OCCCCC(=O)OC3CCCC3)OC[C@H]2O[C@H]1N1C=CC(=O)CC1=O.C[C@@]1(N)[C@@H]2O[P@](=O)(OCCCCC(=O)OC3CCCC3)OC[C@H]2O[C@H]1N1C=CC(=O)CC1=O. The Morgan fingerprint density at radius 2 is 0.685 bits per heavy atom. The van der Waals surface area contributed by atoms with E-state index in [1.54, 1.807) is 48.5 Å². The molecule has 8 saturated heterocycles. The zero-order valence-electron chi connectivity index (χ0n) is 71.8. The maximum absolute atomic E-state index is 13.0. The van der Waals surface area contributed by atoms with Gasteiger partial charge in [0.25, 0.3) is 0 Å². The minimum atomic E-state index is -3.90. The monoisotopic (exact) mass is 1920 g/mol. The van der Waals surface area contributed by atoms with Gasteiger partial charge in [-0.15, -0.1) is 23.2 Å². The number of nitrogens with zero attached hydrogens (tertiary/aromatic N) is 4. The third-order valence-electron chi connectivity index (χ3n) is 22.6. The molecule has 4 amide bonds. The molecule has 20 atom stereocenters. The maximum Gasteiger partial charge on any atom is 0.475 e. The van der Waals surface area contributed by atoms with Crippen LogP contribution in [0, 0.1) is 0 Å². The number of phosphoric acid groups is 4. The average Bonchev–Trinajstić information content (AvgIpc) is 1.61. The number of halogens is 2. The van der Waals surface area contributed by atoms with Gasteiger partial charge in [-0.25, -0.2) is 18.3 Å². The van der Waals surface area contributed by atoms with Gasteiger partial charge in [0.2, 0.25) is 23.6 Å².